The first kappa shape index (κ1) is 13.4. The zero-order chi connectivity index (χ0) is 13.8. The minimum atomic E-state index is -0.349. The van der Waals surface area contributed by atoms with Crippen LogP contribution < -0.4 is 10.6 Å². The molecule has 2 rings (SSSR count). The molecule has 5 heteroatoms. The average molecular weight is 275 g/mol. The minimum Gasteiger partial charge on any atom is -0.389 e. The van der Waals surface area contributed by atoms with Crippen molar-refractivity contribution in [2.45, 2.75) is 6.54 Å². The van der Waals surface area contributed by atoms with Crippen LogP contribution in [0.5, 0.6) is 0 Å². The molecule has 0 aliphatic carbocycles. The number of benzene rings is 1. The maximum absolute atomic E-state index is 13.3. The van der Waals surface area contributed by atoms with Gasteiger partial charge in [0.2, 0.25) is 0 Å². The van der Waals surface area contributed by atoms with Crippen LogP contribution in [0.4, 0.5) is 10.1 Å². The monoisotopic (exact) mass is 275 g/mol. The van der Waals surface area contributed by atoms with E-state index in [1.54, 1.807) is 12.3 Å². The molecule has 2 N–H and O–H groups in total. The van der Waals surface area contributed by atoms with Crippen molar-refractivity contribution in [3.63, 3.8) is 0 Å². The molecule has 1 heterocycles. The van der Waals surface area contributed by atoms with Crippen LogP contribution in [-0.4, -0.2) is 17.0 Å². The number of hydrogen-bond acceptors (Lipinski definition) is 3. The Labute approximate surface area is 116 Å². The average Bonchev–Trinajstić information content (AvgIpc) is 2.39. The summed E-state index contributed by atoms with van der Waals surface area (Å²) in [5.41, 5.74) is 7.88. The molecule has 0 saturated heterocycles. The second kappa shape index (κ2) is 5.75. The smallest absolute Gasteiger partial charge is 0.124 e. The van der Waals surface area contributed by atoms with Crippen molar-refractivity contribution < 1.29 is 4.39 Å². The van der Waals surface area contributed by atoms with Crippen LogP contribution in [0.25, 0.3) is 0 Å². The van der Waals surface area contributed by atoms with Crippen molar-refractivity contribution in [1.82, 2.24) is 4.98 Å². The number of anilines is 1. The van der Waals surface area contributed by atoms with Gasteiger partial charge in [-0.1, -0.05) is 18.3 Å². The number of thiocarbonyl (C=S) groups is 1. The summed E-state index contributed by atoms with van der Waals surface area (Å²) in [5, 5.41) is 0. The molecular weight excluding hydrogens is 261 g/mol. The van der Waals surface area contributed by atoms with E-state index in [-0.39, 0.29) is 10.8 Å². The molecule has 0 amide bonds. The Kier molecular flexibility index (Phi) is 4.06. The van der Waals surface area contributed by atoms with Gasteiger partial charge in [0.25, 0.3) is 0 Å². The lowest BCUT2D eigenvalue weighted by Gasteiger charge is -2.21. The van der Waals surface area contributed by atoms with Gasteiger partial charge in [-0.05, 0) is 30.3 Å². The van der Waals surface area contributed by atoms with Crippen LogP contribution >= 0.6 is 12.2 Å². The molecular formula is C14H14FN3S. The number of aromatic nitrogens is 1. The number of halogens is 1. The number of pyridine rings is 1. The van der Waals surface area contributed by atoms with E-state index in [4.69, 9.17) is 18.0 Å². The summed E-state index contributed by atoms with van der Waals surface area (Å²) in [4.78, 5) is 6.38. The van der Waals surface area contributed by atoms with E-state index >= 15 is 0 Å². The third kappa shape index (κ3) is 3.26. The zero-order valence-electron chi connectivity index (χ0n) is 10.5. The number of nitrogens with two attached hydrogens (primary N) is 1. The Hall–Kier alpha value is -2.01. The van der Waals surface area contributed by atoms with Gasteiger partial charge in [0.05, 0.1) is 12.2 Å². The van der Waals surface area contributed by atoms with Crippen molar-refractivity contribution >= 4 is 22.9 Å². The van der Waals surface area contributed by atoms with Gasteiger partial charge in [0.1, 0.15) is 10.8 Å². The van der Waals surface area contributed by atoms with Crippen LogP contribution in [0.2, 0.25) is 0 Å². The Morgan fingerprint density at radius 2 is 2.16 bits per heavy atom. The third-order valence-electron chi connectivity index (χ3n) is 2.76. The summed E-state index contributed by atoms with van der Waals surface area (Å²) in [6.45, 7) is 0.599. The minimum absolute atomic E-state index is 0.183. The van der Waals surface area contributed by atoms with Gasteiger partial charge in [0, 0.05) is 24.5 Å². The Morgan fingerprint density at radius 1 is 1.37 bits per heavy atom. The summed E-state index contributed by atoms with van der Waals surface area (Å²) < 4.78 is 13.3. The highest BCUT2D eigenvalue weighted by molar-refractivity contribution is 7.80. The first-order valence-electron chi connectivity index (χ1n) is 5.78. The first-order chi connectivity index (χ1) is 9.08. The summed E-state index contributed by atoms with van der Waals surface area (Å²) in [6, 6.07) is 10.1. The normalized spacial score (nSPS) is 10.2. The van der Waals surface area contributed by atoms with Crippen molar-refractivity contribution in [3.05, 3.63) is 59.7 Å². The molecule has 0 radical (unpaired) electrons. The Morgan fingerprint density at radius 3 is 2.79 bits per heavy atom. The molecule has 0 spiro atoms. The van der Waals surface area contributed by atoms with Gasteiger partial charge in [-0.2, -0.15) is 0 Å². The molecule has 0 atom stereocenters. The topological polar surface area (TPSA) is 42.2 Å². The Bertz CT molecular complexity index is 586. The molecule has 0 saturated carbocycles. The molecule has 0 bridgehead atoms. The molecule has 19 heavy (non-hydrogen) atoms. The van der Waals surface area contributed by atoms with Crippen LogP contribution in [0.3, 0.4) is 0 Å². The van der Waals surface area contributed by atoms with E-state index in [1.807, 2.05) is 30.1 Å². The molecule has 3 nitrogen and oxygen atoms in total. The van der Waals surface area contributed by atoms with Crippen LogP contribution in [0.15, 0.2) is 42.6 Å². The van der Waals surface area contributed by atoms with Gasteiger partial charge < -0.3 is 10.6 Å². The second-order valence-corrected chi connectivity index (χ2v) is 4.64. The summed E-state index contributed by atoms with van der Waals surface area (Å²) in [7, 11) is 1.89. The van der Waals surface area contributed by atoms with E-state index in [9.17, 15) is 4.39 Å². The standard InChI is InChI=1S/C14H14FN3S/c1-18(9-11-4-2-3-7-17-11)13-6-5-10(15)8-12(13)14(16)19/h2-8H,9H2,1H3,(H2,16,19). The lowest BCUT2D eigenvalue weighted by Crippen LogP contribution is -2.22. The van der Waals surface area contributed by atoms with Gasteiger partial charge in [-0.3, -0.25) is 4.98 Å². The number of nitrogens with zero attached hydrogens (tertiary/aromatic N) is 2. The summed E-state index contributed by atoms with van der Waals surface area (Å²) in [5.74, 6) is -0.349. The lowest BCUT2D eigenvalue weighted by molar-refractivity contribution is 0.627. The molecule has 98 valence electrons. The van der Waals surface area contributed by atoms with E-state index in [2.05, 4.69) is 4.98 Å². The quantitative estimate of drug-likeness (QED) is 0.871. The fourth-order valence-electron chi connectivity index (χ4n) is 1.86. The molecule has 2 aromatic rings. The third-order valence-corrected chi connectivity index (χ3v) is 2.98. The highest BCUT2D eigenvalue weighted by Crippen LogP contribution is 2.22. The first-order valence-corrected chi connectivity index (χ1v) is 6.19. The zero-order valence-corrected chi connectivity index (χ0v) is 11.3. The second-order valence-electron chi connectivity index (χ2n) is 4.20. The van der Waals surface area contributed by atoms with Crippen molar-refractivity contribution in [1.29, 1.82) is 0 Å². The van der Waals surface area contributed by atoms with Crippen molar-refractivity contribution in [3.8, 4) is 0 Å². The van der Waals surface area contributed by atoms with E-state index < -0.39 is 0 Å². The van der Waals surface area contributed by atoms with Crippen molar-refractivity contribution in [2.24, 2.45) is 5.73 Å². The molecule has 0 aliphatic rings. The maximum atomic E-state index is 13.3. The predicted octanol–water partition coefficient (Wildman–Crippen LogP) is 2.49. The van der Waals surface area contributed by atoms with Crippen LogP contribution in [0.1, 0.15) is 11.3 Å². The lowest BCUT2D eigenvalue weighted by atomic mass is 10.1. The highest BCUT2D eigenvalue weighted by Gasteiger charge is 2.11. The molecule has 0 aliphatic heterocycles. The number of rotatable bonds is 4. The summed E-state index contributed by atoms with van der Waals surface area (Å²) >= 11 is 4.96. The van der Waals surface area contributed by atoms with Crippen LogP contribution in [-0.2, 0) is 6.54 Å². The molecule has 0 fully saturated rings. The van der Waals surface area contributed by atoms with Gasteiger partial charge in [-0.25, -0.2) is 4.39 Å². The summed E-state index contributed by atoms with van der Waals surface area (Å²) in [6.07, 6.45) is 1.74. The number of hydrogen-bond donors (Lipinski definition) is 1. The van der Waals surface area contributed by atoms with E-state index in [0.29, 0.717) is 12.1 Å². The fraction of sp³-hybridized carbons (Fsp3) is 0.143. The predicted molar refractivity (Wildman–Crippen MR) is 78.6 cm³/mol. The molecule has 1 aromatic carbocycles. The highest BCUT2D eigenvalue weighted by atomic mass is 32.1. The van der Waals surface area contributed by atoms with Crippen molar-refractivity contribution in [2.75, 3.05) is 11.9 Å². The van der Waals surface area contributed by atoms with Gasteiger partial charge in [-0.15, -0.1) is 0 Å². The fourth-order valence-corrected chi connectivity index (χ4v) is 2.02. The van der Waals surface area contributed by atoms with Gasteiger partial charge >= 0.3 is 0 Å². The maximum Gasteiger partial charge on any atom is 0.124 e. The Balaban J connectivity index is 2.28. The largest absolute Gasteiger partial charge is 0.389 e. The SMILES string of the molecule is CN(Cc1ccccn1)c1ccc(F)cc1C(N)=S. The van der Waals surface area contributed by atoms with Crippen LogP contribution in [0, 0.1) is 5.82 Å². The van der Waals surface area contributed by atoms with E-state index in [1.165, 1.54) is 12.1 Å². The van der Waals surface area contributed by atoms with Gasteiger partial charge in [0.15, 0.2) is 0 Å². The molecule has 0 unspecified atom stereocenters. The van der Waals surface area contributed by atoms with E-state index in [0.717, 1.165) is 11.4 Å². The molecule has 1 aromatic heterocycles.